The molecule has 5 heteroatoms. The highest BCUT2D eigenvalue weighted by atomic mass is 35.5. The second kappa shape index (κ2) is 5.31. The topological polar surface area (TPSA) is 51.0 Å². The van der Waals surface area contributed by atoms with Crippen LogP contribution in [0.5, 0.6) is 0 Å². The molecule has 1 unspecified atom stereocenters. The largest absolute Gasteiger partial charge is 0.334 e. The Hall–Kier alpha value is -1.39. The van der Waals surface area contributed by atoms with Gasteiger partial charge in [0.15, 0.2) is 5.82 Å². The van der Waals surface area contributed by atoms with Gasteiger partial charge in [-0.25, -0.2) is 0 Å². The number of nitrogens with zero attached hydrogens (tertiary/aromatic N) is 2. The van der Waals surface area contributed by atoms with Crippen LogP contribution >= 0.6 is 11.6 Å². The Morgan fingerprint density at radius 3 is 3.00 bits per heavy atom. The highest BCUT2D eigenvalue weighted by molar-refractivity contribution is 6.30. The van der Waals surface area contributed by atoms with Crippen LogP contribution in [0.15, 0.2) is 22.7 Å². The number of hydrogen-bond donors (Lipinski definition) is 1. The van der Waals surface area contributed by atoms with E-state index in [-0.39, 0.29) is 0 Å². The molecule has 1 fully saturated rings. The second-order valence-corrected chi connectivity index (χ2v) is 5.45. The Labute approximate surface area is 117 Å². The van der Waals surface area contributed by atoms with Crippen LogP contribution in [0.2, 0.25) is 5.02 Å². The third-order valence-electron chi connectivity index (χ3n) is 3.39. The predicted molar refractivity (Wildman–Crippen MR) is 74.3 cm³/mol. The Balaban J connectivity index is 1.87. The summed E-state index contributed by atoms with van der Waals surface area (Å²) in [4.78, 5) is 4.51. The number of rotatable bonds is 2. The molecule has 2 heterocycles. The summed E-state index contributed by atoms with van der Waals surface area (Å²) in [6.45, 7) is 4.00. The lowest BCUT2D eigenvalue weighted by molar-refractivity contribution is 0.393. The normalized spacial score (nSPS) is 19.6. The summed E-state index contributed by atoms with van der Waals surface area (Å²) < 4.78 is 5.37. The number of benzene rings is 1. The first-order valence-electron chi connectivity index (χ1n) is 6.54. The van der Waals surface area contributed by atoms with E-state index in [4.69, 9.17) is 16.1 Å². The van der Waals surface area contributed by atoms with Gasteiger partial charge in [-0.05, 0) is 50.1 Å². The highest BCUT2D eigenvalue weighted by Crippen LogP contribution is 2.26. The standard InChI is InChI=1S/C14H16ClN3O/c1-9-5-11(7-12(15)6-9)14-17-13(18-19-14)10-3-2-4-16-8-10/h5-7,10,16H,2-4,8H2,1H3. The number of nitrogens with one attached hydrogen (secondary N) is 1. The number of aryl methyl sites for hydroxylation is 1. The molecule has 1 N–H and O–H groups in total. The molecule has 0 spiro atoms. The maximum atomic E-state index is 6.06. The minimum Gasteiger partial charge on any atom is -0.334 e. The smallest absolute Gasteiger partial charge is 0.257 e. The lowest BCUT2D eigenvalue weighted by Gasteiger charge is -2.19. The summed E-state index contributed by atoms with van der Waals surface area (Å²) in [6, 6.07) is 5.76. The van der Waals surface area contributed by atoms with E-state index in [1.54, 1.807) is 0 Å². The molecule has 1 aliphatic heterocycles. The fourth-order valence-electron chi connectivity index (χ4n) is 2.45. The van der Waals surface area contributed by atoms with Gasteiger partial charge in [0.1, 0.15) is 0 Å². The summed E-state index contributed by atoms with van der Waals surface area (Å²) in [7, 11) is 0. The second-order valence-electron chi connectivity index (χ2n) is 5.02. The van der Waals surface area contributed by atoms with Gasteiger partial charge in [0.05, 0.1) is 0 Å². The van der Waals surface area contributed by atoms with Crippen molar-refractivity contribution >= 4 is 11.6 Å². The third kappa shape index (κ3) is 2.80. The summed E-state index contributed by atoms with van der Waals surface area (Å²) in [5.74, 6) is 1.69. The molecule has 0 bridgehead atoms. The molecule has 100 valence electrons. The van der Waals surface area contributed by atoms with E-state index in [9.17, 15) is 0 Å². The van der Waals surface area contributed by atoms with Crippen molar-refractivity contribution in [3.8, 4) is 11.5 Å². The van der Waals surface area contributed by atoms with Gasteiger partial charge in [-0.1, -0.05) is 16.8 Å². The molecule has 2 aromatic rings. The average molecular weight is 278 g/mol. The van der Waals surface area contributed by atoms with Gasteiger partial charge in [-0.15, -0.1) is 0 Å². The van der Waals surface area contributed by atoms with Crippen LogP contribution in [0.3, 0.4) is 0 Å². The first-order chi connectivity index (χ1) is 9.22. The monoisotopic (exact) mass is 277 g/mol. The van der Waals surface area contributed by atoms with Crippen LogP contribution in [0.4, 0.5) is 0 Å². The van der Waals surface area contributed by atoms with Crippen LogP contribution in [-0.4, -0.2) is 23.2 Å². The van der Waals surface area contributed by atoms with Gasteiger partial charge in [-0.2, -0.15) is 4.98 Å². The van der Waals surface area contributed by atoms with Crippen LogP contribution < -0.4 is 5.32 Å². The minimum atomic E-state index is 0.353. The van der Waals surface area contributed by atoms with Crippen LogP contribution in [0, 0.1) is 6.92 Å². The Kier molecular flexibility index (Phi) is 3.53. The van der Waals surface area contributed by atoms with Gasteiger partial charge < -0.3 is 9.84 Å². The molecular weight excluding hydrogens is 262 g/mol. The van der Waals surface area contributed by atoms with E-state index < -0.39 is 0 Å². The highest BCUT2D eigenvalue weighted by Gasteiger charge is 2.21. The van der Waals surface area contributed by atoms with Crippen molar-refractivity contribution < 1.29 is 4.52 Å². The van der Waals surface area contributed by atoms with Crippen LogP contribution in [0.1, 0.15) is 30.1 Å². The van der Waals surface area contributed by atoms with Crippen molar-refractivity contribution in [2.75, 3.05) is 13.1 Å². The maximum Gasteiger partial charge on any atom is 0.257 e. The Bertz CT molecular complexity index is 556. The fourth-order valence-corrected chi connectivity index (χ4v) is 2.74. The molecule has 0 radical (unpaired) electrons. The first-order valence-corrected chi connectivity index (χ1v) is 6.92. The van der Waals surface area contributed by atoms with Crippen molar-refractivity contribution in [3.05, 3.63) is 34.6 Å². The summed E-state index contributed by atoms with van der Waals surface area (Å²) in [5, 5.41) is 8.15. The molecule has 0 saturated carbocycles. The van der Waals surface area contributed by atoms with E-state index in [1.807, 2.05) is 25.1 Å². The van der Waals surface area contributed by atoms with E-state index >= 15 is 0 Å². The summed E-state index contributed by atoms with van der Waals surface area (Å²) >= 11 is 6.06. The van der Waals surface area contributed by atoms with Gasteiger partial charge in [0, 0.05) is 23.0 Å². The van der Waals surface area contributed by atoms with Crippen molar-refractivity contribution in [1.29, 1.82) is 0 Å². The van der Waals surface area contributed by atoms with Crippen molar-refractivity contribution in [1.82, 2.24) is 15.5 Å². The van der Waals surface area contributed by atoms with E-state index in [2.05, 4.69) is 15.5 Å². The quantitative estimate of drug-likeness (QED) is 0.916. The molecule has 3 rings (SSSR count). The van der Waals surface area contributed by atoms with Gasteiger partial charge in [-0.3, -0.25) is 0 Å². The van der Waals surface area contributed by atoms with Gasteiger partial charge in [0.2, 0.25) is 0 Å². The van der Waals surface area contributed by atoms with E-state index in [1.165, 1.54) is 0 Å². The zero-order valence-corrected chi connectivity index (χ0v) is 11.6. The zero-order valence-electron chi connectivity index (χ0n) is 10.8. The molecule has 0 amide bonds. The summed E-state index contributed by atoms with van der Waals surface area (Å²) in [6.07, 6.45) is 2.27. The Morgan fingerprint density at radius 2 is 2.26 bits per heavy atom. The Morgan fingerprint density at radius 1 is 1.37 bits per heavy atom. The fraction of sp³-hybridized carbons (Fsp3) is 0.429. The zero-order chi connectivity index (χ0) is 13.2. The first kappa shape index (κ1) is 12.6. The van der Waals surface area contributed by atoms with Gasteiger partial charge in [0.25, 0.3) is 5.89 Å². The van der Waals surface area contributed by atoms with Gasteiger partial charge >= 0.3 is 0 Å². The maximum absolute atomic E-state index is 6.06. The number of hydrogen-bond acceptors (Lipinski definition) is 4. The molecule has 1 saturated heterocycles. The number of halogens is 1. The molecule has 19 heavy (non-hydrogen) atoms. The van der Waals surface area contributed by atoms with Crippen LogP contribution in [0.25, 0.3) is 11.5 Å². The molecule has 1 aliphatic rings. The van der Waals surface area contributed by atoms with Crippen molar-refractivity contribution in [2.45, 2.75) is 25.7 Å². The predicted octanol–water partition coefficient (Wildman–Crippen LogP) is 3.17. The van der Waals surface area contributed by atoms with E-state index in [0.717, 1.165) is 42.9 Å². The van der Waals surface area contributed by atoms with Crippen molar-refractivity contribution in [3.63, 3.8) is 0 Å². The lowest BCUT2D eigenvalue weighted by atomic mass is 9.99. The molecule has 1 aromatic heterocycles. The SMILES string of the molecule is Cc1cc(Cl)cc(-c2nc(C3CCCNC3)no2)c1. The van der Waals surface area contributed by atoms with Crippen LogP contribution in [-0.2, 0) is 0 Å². The molecule has 4 nitrogen and oxygen atoms in total. The molecular formula is C14H16ClN3O. The van der Waals surface area contributed by atoms with E-state index in [0.29, 0.717) is 16.8 Å². The van der Waals surface area contributed by atoms with Crippen molar-refractivity contribution in [2.24, 2.45) is 0 Å². The lowest BCUT2D eigenvalue weighted by Crippen LogP contribution is -2.28. The minimum absolute atomic E-state index is 0.353. The summed E-state index contributed by atoms with van der Waals surface area (Å²) in [5.41, 5.74) is 1.97. The number of aromatic nitrogens is 2. The average Bonchev–Trinajstić information content (AvgIpc) is 2.88. The molecule has 0 aliphatic carbocycles. The number of piperidine rings is 1. The molecule has 1 atom stereocenters. The third-order valence-corrected chi connectivity index (χ3v) is 3.61. The molecule has 1 aromatic carbocycles.